The Morgan fingerprint density at radius 1 is 1.06 bits per heavy atom. The second-order valence-electron chi connectivity index (χ2n) is 10.8. The molecule has 1 aromatic heterocycles. The van der Waals surface area contributed by atoms with Crippen molar-refractivity contribution in [1.29, 1.82) is 0 Å². The molecule has 12 heteroatoms. The number of allylic oxidation sites excluding steroid dienone is 1. The van der Waals surface area contributed by atoms with Gasteiger partial charge in [0, 0.05) is 5.02 Å². The van der Waals surface area contributed by atoms with Crippen LogP contribution >= 0.6 is 45.5 Å². The van der Waals surface area contributed by atoms with E-state index >= 15 is 0 Å². The van der Waals surface area contributed by atoms with Gasteiger partial charge in [0.25, 0.3) is 5.56 Å². The first-order chi connectivity index (χ1) is 22.5. The summed E-state index contributed by atoms with van der Waals surface area (Å²) in [5, 5.41) is 0.656. The average molecular weight is 789 g/mol. The van der Waals surface area contributed by atoms with Crippen molar-refractivity contribution in [1.82, 2.24) is 4.57 Å². The third-order valence-corrected chi connectivity index (χ3v) is 9.27. The molecular formula is C35H34ClIN2O7S. The molecule has 2 heterocycles. The Hall–Kier alpha value is -3.81. The van der Waals surface area contributed by atoms with Crippen LogP contribution in [0.5, 0.6) is 23.0 Å². The minimum Gasteiger partial charge on any atom is -0.493 e. The molecule has 4 aromatic rings. The van der Waals surface area contributed by atoms with E-state index < -0.39 is 12.0 Å². The number of hydrogen-bond donors (Lipinski definition) is 0. The number of aromatic nitrogens is 1. The summed E-state index contributed by atoms with van der Waals surface area (Å²) in [7, 11) is 3.12. The van der Waals surface area contributed by atoms with E-state index in [1.807, 2.05) is 56.3 Å². The first-order valence-corrected chi connectivity index (χ1v) is 17.1. The maximum atomic E-state index is 14.2. The summed E-state index contributed by atoms with van der Waals surface area (Å²) < 4.78 is 31.6. The molecule has 0 saturated carbocycles. The topological polar surface area (TPSA) is 97.6 Å². The molecular weight excluding hydrogens is 755 g/mol. The van der Waals surface area contributed by atoms with Crippen molar-refractivity contribution in [3.05, 3.63) is 111 Å². The Balaban J connectivity index is 1.59. The van der Waals surface area contributed by atoms with E-state index in [1.165, 1.54) is 11.3 Å². The molecule has 0 amide bonds. The lowest BCUT2D eigenvalue weighted by Crippen LogP contribution is -2.40. The van der Waals surface area contributed by atoms with Crippen molar-refractivity contribution in [2.24, 2.45) is 4.99 Å². The lowest BCUT2D eigenvalue weighted by Gasteiger charge is -2.25. The summed E-state index contributed by atoms with van der Waals surface area (Å²) in [4.78, 5) is 32.6. The van der Waals surface area contributed by atoms with Crippen LogP contribution in [0.2, 0.25) is 5.02 Å². The van der Waals surface area contributed by atoms with E-state index in [4.69, 9.17) is 35.3 Å². The van der Waals surface area contributed by atoms with Crippen LogP contribution in [-0.2, 0) is 16.1 Å². The Morgan fingerprint density at radius 3 is 2.45 bits per heavy atom. The molecule has 3 aromatic carbocycles. The number of rotatable bonds is 11. The first kappa shape index (κ1) is 34.5. The maximum absolute atomic E-state index is 14.2. The lowest BCUT2D eigenvalue weighted by atomic mass is 9.95. The van der Waals surface area contributed by atoms with Crippen LogP contribution < -0.4 is 33.8 Å². The van der Waals surface area contributed by atoms with Gasteiger partial charge >= 0.3 is 5.97 Å². The number of esters is 1. The van der Waals surface area contributed by atoms with Crippen LogP contribution in [0, 0.1) is 3.57 Å². The van der Waals surface area contributed by atoms with Crippen molar-refractivity contribution >= 4 is 57.6 Å². The summed E-state index contributed by atoms with van der Waals surface area (Å²) in [5.41, 5.74) is 2.81. The van der Waals surface area contributed by atoms with E-state index in [0.29, 0.717) is 55.2 Å². The van der Waals surface area contributed by atoms with Crippen LogP contribution in [-0.4, -0.2) is 37.5 Å². The molecule has 0 fully saturated rings. The van der Waals surface area contributed by atoms with Gasteiger partial charge in [0.1, 0.15) is 6.61 Å². The summed E-state index contributed by atoms with van der Waals surface area (Å²) in [6, 6.07) is 15.8. The third-order valence-electron chi connectivity index (χ3n) is 7.23. The number of hydrogen-bond acceptors (Lipinski definition) is 9. The molecule has 1 aliphatic rings. The summed E-state index contributed by atoms with van der Waals surface area (Å²) >= 11 is 9.45. The SMILES string of the molecule is CCOC(=O)C1=C(C)N=c2s/c(=C/c3cc(I)c(OCc4ccc(Cl)cc4)c(OC)c3)c(=O)n2[C@H]1c1ccc(OC(C)C)c(OC)c1. The van der Waals surface area contributed by atoms with Gasteiger partial charge in [0.15, 0.2) is 27.8 Å². The zero-order chi connectivity index (χ0) is 33.8. The van der Waals surface area contributed by atoms with Crippen LogP contribution in [0.15, 0.2) is 75.7 Å². The van der Waals surface area contributed by atoms with Crippen molar-refractivity contribution in [3.63, 3.8) is 0 Å². The lowest BCUT2D eigenvalue weighted by molar-refractivity contribution is -0.139. The summed E-state index contributed by atoms with van der Waals surface area (Å²) in [6.07, 6.45) is 1.72. The smallest absolute Gasteiger partial charge is 0.338 e. The normalized spacial score (nSPS) is 14.5. The maximum Gasteiger partial charge on any atom is 0.338 e. The fourth-order valence-electron chi connectivity index (χ4n) is 5.16. The highest BCUT2D eigenvalue weighted by Gasteiger charge is 2.34. The van der Waals surface area contributed by atoms with Crippen LogP contribution in [0.25, 0.3) is 6.08 Å². The number of thiazole rings is 1. The Bertz CT molecular complexity index is 2020. The van der Waals surface area contributed by atoms with Gasteiger partial charge in [-0.25, -0.2) is 9.79 Å². The Morgan fingerprint density at radius 2 is 1.79 bits per heavy atom. The number of carbonyl (C=O) groups is 1. The average Bonchev–Trinajstić information content (AvgIpc) is 3.34. The van der Waals surface area contributed by atoms with Crippen molar-refractivity contribution in [3.8, 4) is 23.0 Å². The second kappa shape index (κ2) is 15.0. The molecule has 47 heavy (non-hydrogen) atoms. The highest BCUT2D eigenvalue weighted by Crippen LogP contribution is 2.37. The highest BCUT2D eigenvalue weighted by molar-refractivity contribution is 14.1. The fourth-order valence-corrected chi connectivity index (χ4v) is 7.12. The molecule has 1 atom stereocenters. The molecule has 9 nitrogen and oxygen atoms in total. The second-order valence-corrected chi connectivity index (χ2v) is 13.4. The third kappa shape index (κ3) is 7.52. The zero-order valence-electron chi connectivity index (χ0n) is 26.8. The Kier molecular flexibility index (Phi) is 11.0. The molecule has 0 spiro atoms. The summed E-state index contributed by atoms with van der Waals surface area (Å²) in [5.74, 6) is 1.62. The van der Waals surface area contributed by atoms with Gasteiger partial charge in [-0.3, -0.25) is 9.36 Å². The van der Waals surface area contributed by atoms with Gasteiger partial charge in [0.2, 0.25) is 0 Å². The van der Waals surface area contributed by atoms with Gasteiger partial charge in [-0.2, -0.15) is 0 Å². The monoisotopic (exact) mass is 788 g/mol. The molecule has 0 N–H and O–H groups in total. The molecule has 0 aliphatic carbocycles. The molecule has 0 saturated heterocycles. The van der Waals surface area contributed by atoms with Crippen molar-refractivity contribution in [2.45, 2.75) is 46.4 Å². The Labute approximate surface area is 295 Å². The van der Waals surface area contributed by atoms with E-state index in [9.17, 15) is 9.59 Å². The molecule has 5 rings (SSSR count). The molecule has 0 unspecified atom stereocenters. The molecule has 246 valence electrons. The van der Waals surface area contributed by atoms with Crippen molar-refractivity contribution < 1.29 is 28.5 Å². The van der Waals surface area contributed by atoms with Crippen LogP contribution in [0.1, 0.15) is 50.4 Å². The summed E-state index contributed by atoms with van der Waals surface area (Å²) in [6.45, 7) is 7.85. The predicted molar refractivity (Wildman–Crippen MR) is 191 cm³/mol. The molecule has 0 radical (unpaired) electrons. The number of ether oxygens (including phenoxy) is 5. The minimum atomic E-state index is -0.798. The van der Waals surface area contributed by atoms with E-state index in [-0.39, 0.29) is 23.8 Å². The van der Waals surface area contributed by atoms with E-state index in [2.05, 4.69) is 27.6 Å². The fraction of sp³-hybridized carbons (Fsp3) is 0.286. The zero-order valence-corrected chi connectivity index (χ0v) is 30.5. The number of methoxy groups -OCH3 is 2. The van der Waals surface area contributed by atoms with Gasteiger partial charge in [-0.1, -0.05) is 41.1 Å². The molecule has 0 bridgehead atoms. The minimum absolute atomic E-state index is 0.0737. The highest BCUT2D eigenvalue weighted by atomic mass is 127. The number of nitrogens with zero attached hydrogens (tertiary/aromatic N) is 2. The van der Waals surface area contributed by atoms with E-state index in [1.54, 1.807) is 50.8 Å². The number of carbonyl (C=O) groups excluding carboxylic acids is 1. The molecule has 1 aliphatic heterocycles. The van der Waals surface area contributed by atoms with E-state index in [0.717, 1.165) is 14.7 Å². The first-order valence-electron chi connectivity index (χ1n) is 14.8. The number of benzene rings is 3. The van der Waals surface area contributed by atoms with Gasteiger partial charge < -0.3 is 23.7 Å². The van der Waals surface area contributed by atoms with Gasteiger partial charge in [-0.15, -0.1) is 0 Å². The van der Waals surface area contributed by atoms with Crippen LogP contribution in [0.3, 0.4) is 0 Å². The van der Waals surface area contributed by atoms with Gasteiger partial charge in [-0.05, 0) is 109 Å². The number of fused-ring (bicyclic) bond motifs is 1. The van der Waals surface area contributed by atoms with Gasteiger partial charge in [0.05, 0.1) is 52.3 Å². The predicted octanol–water partition coefficient (Wildman–Crippen LogP) is 6.44. The largest absolute Gasteiger partial charge is 0.493 e. The number of halogens is 2. The quantitative estimate of drug-likeness (QED) is 0.128. The van der Waals surface area contributed by atoms with Crippen LogP contribution in [0.4, 0.5) is 0 Å². The standard InChI is InChI=1S/C35H34ClIN2O7S/c1-7-44-34(41)30-20(4)38-35-39(31(30)23-10-13-26(46-19(2)3)27(17-23)42-5)33(40)29(47-35)16-22-14-25(37)32(28(15-22)43-6)45-18-21-8-11-24(36)12-9-21/h8-17,19,31H,7,18H2,1-6H3/b29-16+/t31-/m0/s1. The van der Waals surface area contributed by atoms with Crippen molar-refractivity contribution in [2.75, 3.05) is 20.8 Å².